The number of rotatable bonds is 3. The number of hydrogen-bond donors (Lipinski definition) is 0. The fourth-order valence-electron chi connectivity index (χ4n) is 1.12. The van der Waals surface area contributed by atoms with E-state index >= 15 is 0 Å². The summed E-state index contributed by atoms with van der Waals surface area (Å²) >= 11 is 4.97. The van der Waals surface area contributed by atoms with Gasteiger partial charge in [-0.3, -0.25) is 4.79 Å². The van der Waals surface area contributed by atoms with Gasteiger partial charge in [0.1, 0.15) is 0 Å². The van der Waals surface area contributed by atoms with E-state index in [1.807, 2.05) is 13.0 Å². The maximum absolute atomic E-state index is 11.1. The standard InChI is InChI=1S/C10H11BrO2S/c1-6(2)10-7(4-8(11)14-10)5-9(12)13-3/h4H,1,5H2,2-3H3. The maximum Gasteiger partial charge on any atom is 0.310 e. The Morgan fingerprint density at radius 3 is 2.86 bits per heavy atom. The first-order valence-electron chi connectivity index (χ1n) is 4.05. The Bertz CT molecular complexity index is 368. The Balaban J connectivity index is 2.95. The van der Waals surface area contributed by atoms with Gasteiger partial charge in [0, 0.05) is 4.88 Å². The molecule has 0 saturated heterocycles. The number of ether oxygens (including phenoxy) is 1. The zero-order valence-corrected chi connectivity index (χ0v) is 10.5. The average molecular weight is 275 g/mol. The van der Waals surface area contributed by atoms with Gasteiger partial charge in [0.05, 0.1) is 17.3 Å². The van der Waals surface area contributed by atoms with E-state index in [0.717, 1.165) is 19.8 Å². The summed E-state index contributed by atoms with van der Waals surface area (Å²) in [5.41, 5.74) is 1.95. The molecule has 1 heterocycles. The molecule has 0 atom stereocenters. The van der Waals surface area contributed by atoms with Crippen LogP contribution >= 0.6 is 27.3 Å². The zero-order chi connectivity index (χ0) is 10.7. The molecule has 0 aliphatic rings. The Morgan fingerprint density at radius 2 is 2.36 bits per heavy atom. The molecule has 2 nitrogen and oxygen atoms in total. The van der Waals surface area contributed by atoms with Gasteiger partial charge in [-0.05, 0) is 40.1 Å². The molecule has 14 heavy (non-hydrogen) atoms. The van der Waals surface area contributed by atoms with Crippen LogP contribution in [0, 0.1) is 0 Å². The molecule has 0 radical (unpaired) electrons. The fraction of sp³-hybridized carbons (Fsp3) is 0.300. The van der Waals surface area contributed by atoms with E-state index in [2.05, 4.69) is 27.2 Å². The largest absolute Gasteiger partial charge is 0.469 e. The minimum Gasteiger partial charge on any atom is -0.469 e. The molecule has 0 aliphatic carbocycles. The molecule has 0 bridgehead atoms. The molecule has 0 fully saturated rings. The van der Waals surface area contributed by atoms with E-state index in [-0.39, 0.29) is 5.97 Å². The van der Waals surface area contributed by atoms with Crippen molar-refractivity contribution in [3.8, 4) is 0 Å². The molecule has 0 aliphatic heterocycles. The summed E-state index contributed by atoms with van der Waals surface area (Å²) in [6.07, 6.45) is 0.306. The van der Waals surface area contributed by atoms with Crippen molar-refractivity contribution in [1.29, 1.82) is 0 Å². The highest BCUT2D eigenvalue weighted by atomic mass is 79.9. The van der Waals surface area contributed by atoms with Gasteiger partial charge < -0.3 is 4.74 Å². The summed E-state index contributed by atoms with van der Waals surface area (Å²) in [6.45, 7) is 5.80. The topological polar surface area (TPSA) is 26.3 Å². The number of carbonyl (C=O) groups is 1. The predicted molar refractivity (Wildman–Crippen MR) is 62.4 cm³/mol. The molecule has 0 N–H and O–H groups in total. The van der Waals surface area contributed by atoms with E-state index in [1.54, 1.807) is 11.3 Å². The first-order valence-corrected chi connectivity index (χ1v) is 5.66. The highest BCUT2D eigenvalue weighted by molar-refractivity contribution is 9.11. The summed E-state index contributed by atoms with van der Waals surface area (Å²) in [5, 5.41) is 0. The lowest BCUT2D eigenvalue weighted by molar-refractivity contribution is -0.139. The lowest BCUT2D eigenvalue weighted by Gasteiger charge is -2.00. The van der Waals surface area contributed by atoms with Crippen LogP contribution in [0.3, 0.4) is 0 Å². The SMILES string of the molecule is C=C(C)c1sc(Br)cc1CC(=O)OC. The minimum absolute atomic E-state index is 0.224. The van der Waals surface area contributed by atoms with Gasteiger partial charge in [0.25, 0.3) is 0 Å². The molecule has 0 spiro atoms. The van der Waals surface area contributed by atoms with Crippen molar-refractivity contribution >= 4 is 38.8 Å². The van der Waals surface area contributed by atoms with Crippen molar-refractivity contribution in [2.24, 2.45) is 0 Å². The van der Waals surface area contributed by atoms with E-state index in [0.29, 0.717) is 6.42 Å². The van der Waals surface area contributed by atoms with Crippen molar-refractivity contribution in [2.45, 2.75) is 13.3 Å². The normalized spacial score (nSPS) is 9.93. The Morgan fingerprint density at radius 1 is 1.71 bits per heavy atom. The van der Waals surface area contributed by atoms with Crippen molar-refractivity contribution in [2.75, 3.05) is 7.11 Å². The van der Waals surface area contributed by atoms with Gasteiger partial charge in [0.2, 0.25) is 0 Å². The smallest absolute Gasteiger partial charge is 0.310 e. The van der Waals surface area contributed by atoms with Crippen LogP contribution < -0.4 is 0 Å². The highest BCUT2D eigenvalue weighted by Gasteiger charge is 2.12. The molecular weight excluding hydrogens is 264 g/mol. The number of carbonyl (C=O) groups excluding carboxylic acids is 1. The molecule has 1 rings (SSSR count). The zero-order valence-electron chi connectivity index (χ0n) is 8.09. The lowest BCUT2D eigenvalue weighted by atomic mass is 10.1. The van der Waals surface area contributed by atoms with E-state index < -0.39 is 0 Å². The molecule has 1 aromatic rings. The molecule has 0 saturated carbocycles. The first kappa shape index (κ1) is 11.5. The molecule has 0 amide bonds. The number of methoxy groups -OCH3 is 1. The number of esters is 1. The second-order valence-corrected chi connectivity index (χ2v) is 5.37. The second kappa shape index (κ2) is 4.75. The van der Waals surface area contributed by atoms with Gasteiger partial charge in [0.15, 0.2) is 0 Å². The van der Waals surface area contributed by atoms with Gasteiger partial charge >= 0.3 is 5.97 Å². The monoisotopic (exact) mass is 274 g/mol. The highest BCUT2D eigenvalue weighted by Crippen LogP contribution is 2.32. The summed E-state index contributed by atoms with van der Waals surface area (Å²) in [5.74, 6) is -0.224. The number of halogens is 1. The minimum atomic E-state index is -0.224. The lowest BCUT2D eigenvalue weighted by Crippen LogP contribution is -2.04. The van der Waals surface area contributed by atoms with Crippen LogP contribution in [0.2, 0.25) is 0 Å². The van der Waals surface area contributed by atoms with Crippen molar-refractivity contribution < 1.29 is 9.53 Å². The molecule has 0 unspecified atom stereocenters. The van der Waals surface area contributed by atoms with Crippen molar-refractivity contribution in [3.63, 3.8) is 0 Å². The van der Waals surface area contributed by atoms with Gasteiger partial charge in [-0.1, -0.05) is 6.58 Å². The van der Waals surface area contributed by atoms with Crippen LogP contribution in [0.15, 0.2) is 16.4 Å². The summed E-state index contributed by atoms with van der Waals surface area (Å²) < 4.78 is 5.63. The number of allylic oxidation sites excluding steroid dienone is 1. The predicted octanol–water partition coefficient (Wildman–Crippen LogP) is 3.26. The molecule has 76 valence electrons. The van der Waals surface area contributed by atoms with Crippen LogP contribution in [-0.4, -0.2) is 13.1 Å². The molecular formula is C10H11BrO2S. The fourth-order valence-corrected chi connectivity index (χ4v) is 2.71. The van der Waals surface area contributed by atoms with Gasteiger partial charge in [-0.15, -0.1) is 11.3 Å². The van der Waals surface area contributed by atoms with Crippen molar-refractivity contribution in [1.82, 2.24) is 0 Å². The molecule has 0 aromatic carbocycles. The Labute approximate surface area is 95.7 Å². The quantitative estimate of drug-likeness (QED) is 0.791. The van der Waals surface area contributed by atoms with Crippen molar-refractivity contribution in [3.05, 3.63) is 26.9 Å². The summed E-state index contributed by atoms with van der Waals surface area (Å²) in [4.78, 5) is 12.2. The van der Waals surface area contributed by atoms with E-state index in [4.69, 9.17) is 0 Å². The van der Waals surface area contributed by atoms with E-state index in [9.17, 15) is 4.79 Å². The summed E-state index contributed by atoms with van der Waals surface area (Å²) in [7, 11) is 1.39. The number of thiophene rings is 1. The van der Waals surface area contributed by atoms with Crippen LogP contribution in [0.25, 0.3) is 5.57 Å². The first-order chi connectivity index (χ1) is 6.54. The van der Waals surface area contributed by atoms with Crippen LogP contribution in [0.4, 0.5) is 0 Å². The van der Waals surface area contributed by atoms with Crippen LogP contribution in [-0.2, 0) is 16.0 Å². The molecule has 4 heteroatoms. The average Bonchev–Trinajstić information content (AvgIpc) is 2.46. The van der Waals surface area contributed by atoms with Crippen LogP contribution in [0.1, 0.15) is 17.4 Å². The third kappa shape index (κ3) is 2.69. The molecule has 1 aromatic heterocycles. The van der Waals surface area contributed by atoms with Gasteiger partial charge in [-0.2, -0.15) is 0 Å². The van der Waals surface area contributed by atoms with Gasteiger partial charge in [-0.25, -0.2) is 0 Å². The third-order valence-corrected chi connectivity index (χ3v) is 3.57. The maximum atomic E-state index is 11.1. The Hall–Kier alpha value is -0.610. The van der Waals surface area contributed by atoms with E-state index in [1.165, 1.54) is 7.11 Å². The summed E-state index contributed by atoms with van der Waals surface area (Å²) in [6, 6.07) is 1.94. The van der Waals surface area contributed by atoms with Crippen LogP contribution in [0.5, 0.6) is 0 Å². The Kier molecular flexibility index (Phi) is 3.89. The second-order valence-electron chi connectivity index (χ2n) is 2.94. The number of hydrogen-bond acceptors (Lipinski definition) is 3. The third-order valence-electron chi connectivity index (χ3n) is 1.73.